The first-order chi connectivity index (χ1) is 12.6. The SMILES string of the molecule is CC[C@@H]1CCc2sc(C(=O)NNC(=O)Cc3ccc(OC)cc3)cc2C1. The molecule has 26 heavy (non-hydrogen) atoms. The van der Waals surface area contributed by atoms with Crippen molar-refractivity contribution in [2.24, 2.45) is 5.92 Å². The molecule has 2 N–H and O–H groups in total. The van der Waals surface area contributed by atoms with Crippen LogP contribution in [0.1, 0.15) is 45.4 Å². The number of hydrogen-bond donors (Lipinski definition) is 2. The van der Waals surface area contributed by atoms with E-state index in [1.54, 1.807) is 19.2 Å². The molecule has 1 atom stereocenters. The quantitative estimate of drug-likeness (QED) is 0.792. The van der Waals surface area contributed by atoms with Crippen molar-refractivity contribution in [2.75, 3.05) is 7.11 Å². The molecule has 1 aliphatic carbocycles. The second-order valence-electron chi connectivity index (χ2n) is 6.60. The van der Waals surface area contributed by atoms with E-state index in [1.165, 1.54) is 34.6 Å². The lowest BCUT2D eigenvalue weighted by Crippen LogP contribution is -2.42. The molecule has 6 heteroatoms. The molecule has 1 heterocycles. The van der Waals surface area contributed by atoms with Gasteiger partial charge in [0.2, 0.25) is 5.91 Å². The lowest BCUT2D eigenvalue weighted by atomic mass is 9.87. The van der Waals surface area contributed by atoms with Gasteiger partial charge in [-0.05, 0) is 54.5 Å². The van der Waals surface area contributed by atoms with E-state index in [1.807, 2.05) is 18.2 Å². The number of methoxy groups -OCH3 is 1. The zero-order chi connectivity index (χ0) is 18.5. The molecule has 0 spiro atoms. The molecule has 0 saturated carbocycles. The maximum absolute atomic E-state index is 12.3. The second kappa shape index (κ2) is 8.36. The third-order valence-corrected chi connectivity index (χ3v) is 6.06. The Kier molecular flexibility index (Phi) is 5.93. The largest absolute Gasteiger partial charge is 0.497 e. The number of carbonyl (C=O) groups is 2. The van der Waals surface area contributed by atoms with Gasteiger partial charge in [-0.2, -0.15) is 0 Å². The van der Waals surface area contributed by atoms with Gasteiger partial charge in [-0.25, -0.2) is 0 Å². The third-order valence-electron chi connectivity index (χ3n) is 4.83. The highest BCUT2D eigenvalue weighted by atomic mass is 32.1. The van der Waals surface area contributed by atoms with Gasteiger partial charge in [-0.15, -0.1) is 11.3 Å². The second-order valence-corrected chi connectivity index (χ2v) is 7.74. The monoisotopic (exact) mass is 372 g/mol. The summed E-state index contributed by atoms with van der Waals surface area (Å²) < 4.78 is 5.09. The first-order valence-corrected chi connectivity index (χ1v) is 9.74. The third kappa shape index (κ3) is 4.43. The molecular weight excluding hydrogens is 348 g/mol. The molecule has 0 saturated heterocycles. The van der Waals surface area contributed by atoms with Crippen LogP contribution in [0.15, 0.2) is 30.3 Å². The van der Waals surface area contributed by atoms with Gasteiger partial charge in [0.05, 0.1) is 18.4 Å². The van der Waals surface area contributed by atoms with Crippen LogP contribution in [-0.4, -0.2) is 18.9 Å². The molecule has 0 fully saturated rings. The van der Waals surface area contributed by atoms with E-state index >= 15 is 0 Å². The topological polar surface area (TPSA) is 67.4 Å². The normalized spacial score (nSPS) is 15.8. The number of hydrazine groups is 1. The van der Waals surface area contributed by atoms with E-state index in [4.69, 9.17) is 4.74 Å². The van der Waals surface area contributed by atoms with E-state index in [0.29, 0.717) is 4.88 Å². The number of amides is 2. The van der Waals surface area contributed by atoms with Crippen LogP contribution < -0.4 is 15.6 Å². The Labute approximate surface area is 157 Å². The van der Waals surface area contributed by atoms with Crippen molar-refractivity contribution in [1.82, 2.24) is 10.9 Å². The van der Waals surface area contributed by atoms with Crippen molar-refractivity contribution in [3.63, 3.8) is 0 Å². The molecule has 5 nitrogen and oxygen atoms in total. The van der Waals surface area contributed by atoms with Gasteiger partial charge in [-0.3, -0.25) is 20.4 Å². The van der Waals surface area contributed by atoms with Crippen LogP contribution in [0.4, 0.5) is 0 Å². The summed E-state index contributed by atoms with van der Waals surface area (Å²) in [6, 6.07) is 9.25. The van der Waals surface area contributed by atoms with E-state index in [-0.39, 0.29) is 18.2 Å². The Morgan fingerprint density at radius 1 is 1.23 bits per heavy atom. The van der Waals surface area contributed by atoms with Gasteiger partial charge in [0.25, 0.3) is 5.91 Å². The van der Waals surface area contributed by atoms with E-state index < -0.39 is 0 Å². The predicted molar refractivity (Wildman–Crippen MR) is 102 cm³/mol. The average molecular weight is 372 g/mol. The number of carbonyl (C=O) groups excluding carboxylic acids is 2. The van der Waals surface area contributed by atoms with Gasteiger partial charge < -0.3 is 4.74 Å². The predicted octanol–water partition coefficient (Wildman–Crippen LogP) is 3.28. The van der Waals surface area contributed by atoms with Crippen molar-refractivity contribution in [1.29, 1.82) is 0 Å². The number of ether oxygens (including phenoxy) is 1. The number of benzene rings is 1. The summed E-state index contributed by atoms with van der Waals surface area (Å²) in [6.07, 6.45) is 4.68. The molecule has 2 amide bonds. The van der Waals surface area contributed by atoms with Crippen LogP contribution in [0.3, 0.4) is 0 Å². The van der Waals surface area contributed by atoms with Crippen LogP contribution in [0.25, 0.3) is 0 Å². The highest BCUT2D eigenvalue weighted by Crippen LogP contribution is 2.33. The molecule has 3 rings (SSSR count). The van der Waals surface area contributed by atoms with Gasteiger partial charge in [0.15, 0.2) is 0 Å². The minimum Gasteiger partial charge on any atom is -0.497 e. The van der Waals surface area contributed by atoms with E-state index in [9.17, 15) is 9.59 Å². The first kappa shape index (κ1) is 18.5. The molecule has 0 bridgehead atoms. The molecule has 2 aromatic rings. The van der Waals surface area contributed by atoms with Crippen LogP contribution in [-0.2, 0) is 24.1 Å². The minimum absolute atomic E-state index is 0.198. The summed E-state index contributed by atoms with van der Waals surface area (Å²) in [4.78, 5) is 26.3. The molecule has 0 unspecified atom stereocenters. The Hall–Kier alpha value is -2.34. The summed E-state index contributed by atoms with van der Waals surface area (Å²) in [6.45, 7) is 2.22. The maximum atomic E-state index is 12.3. The van der Waals surface area contributed by atoms with Gasteiger partial charge >= 0.3 is 0 Å². The van der Waals surface area contributed by atoms with Crippen LogP contribution in [0.5, 0.6) is 5.75 Å². The lowest BCUT2D eigenvalue weighted by molar-refractivity contribution is -0.121. The van der Waals surface area contributed by atoms with E-state index in [2.05, 4.69) is 17.8 Å². The van der Waals surface area contributed by atoms with Gasteiger partial charge in [-0.1, -0.05) is 25.5 Å². The van der Waals surface area contributed by atoms with Crippen molar-refractivity contribution in [3.05, 3.63) is 51.2 Å². The van der Waals surface area contributed by atoms with Crippen LogP contribution in [0, 0.1) is 5.92 Å². The number of rotatable bonds is 5. The molecule has 0 radical (unpaired) electrons. The van der Waals surface area contributed by atoms with Crippen molar-refractivity contribution < 1.29 is 14.3 Å². The average Bonchev–Trinajstić information content (AvgIpc) is 3.10. The summed E-state index contributed by atoms with van der Waals surface area (Å²) in [5.41, 5.74) is 7.17. The zero-order valence-electron chi connectivity index (χ0n) is 15.1. The Morgan fingerprint density at radius 3 is 2.69 bits per heavy atom. The number of nitrogens with one attached hydrogen (secondary N) is 2. The van der Waals surface area contributed by atoms with E-state index in [0.717, 1.165) is 30.1 Å². The highest BCUT2D eigenvalue weighted by Gasteiger charge is 2.22. The fourth-order valence-electron chi connectivity index (χ4n) is 3.22. The Morgan fingerprint density at radius 2 is 2.00 bits per heavy atom. The first-order valence-electron chi connectivity index (χ1n) is 8.92. The number of hydrogen-bond acceptors (Lipinski definition) is 4. The molecule has 1 aromatic carbocycles. The minimum atomic E-state index is -0.254. The summed E-state index contributed by atoms with van der Waals surface area (Å²) in [7, 11) is 1.60. The number of thiophene rings is 1. The van der Waals surface area contributed by atoms with Crippen LogP contribution in [0.2, 0.25) is 0 Å². The fraction of sp³-hybridized carbons (Fsp3) is 0.400. The van der Waals surface area contributed by atoms with Crippen molar-refractivity contribution in [3.8, 4) is 5.75 Å². The standard InChI is InChI=1S/C20H24N2O3S/c1-3-13-6-9-17-15(10-13)12-18(26-17)20(24)22-21-19(23)11-14-4-7-16(25-2)8-5-14/h4-5,7-8,12-13H,3,6,9-11H2,1-2H3,(H,21,23)(H,22,24)/t13-/m1/s1. The van der Waals surface area contributed by atoms with Gasteiger partial charge in [0, 0.05) is 4.88 Å². The Balaban J connectivity index is 1.52. The number of aryl methyl sites for hydroxylation is 1. The highest BCUT2D eigenvalue weighted by molar-refractivity contribution is 7.14. The van der Waals surface area contributed by atoms with Crippen molar-refractivity contribution >= 4 is 23.2 Å². The summed E-state index contributed by atoms with van der Waals surface area (Å²) in [5.74, 6) is 0.961. The summed E-state index contributed by atoms with van der Waals surface area (Å²) >= 11 is 1.54. The lowest BCUT2D eigenvalue weighted by Gasteiger charge is -2.19. The Bertz CT molecular complexity index is 783. The molecule has 1 aliphatic rings. The van der Waals surface area contributed by atoms with Crippen molar-refractivity contribution in [2.45, 2.75) is 39.0 Å². The summed E-state index contributed by atoms with van der Waals surface area (Å²) in [5, 5.41) is 0. The smallest absolute Gasteiger partial charge is 0.279 e. The molecule has 0 aliphatic heterocycles. The number of fused-ring (bicyclic) bond motifs is 1. The van der Waals surface area contributed by atoms with Gasteiger partial charge in [0.1, 0.15) is 5.75 Å². The maximum Gasteiger partial charge on any atom is 0.279 e. The van der Waals surface area contributed by atoms with Crippen LogP contribution >= 0.6 is 11.3 Å². The molecular formula is C20H24N2O3S. The molecule has 138 valence electrons. The zero-order valence-corrected chi connectivity index (χ0v) is 15.9. The molecule has 1 aromatic heterocycles. The fourth-order valence-corrected chi connectivity index (χ4v) is 4.32.